The minimum atomic E-state index is 0.166. The van der Waals surface area contributed by atoms with Gasteiger partial charge in [-0.15, -0.1) is 0 Å². The van der Waals surface area contributed by atoms with E-state index in [-0.39, 0.29) is 6.61 Å². The normalized spacial score (nSPS) is 16.5. The van der Waals surface area contributed by atoms with Crippen LogP contribution in [0.1, 0.15) is 29.9 Å². The number of aliphatic hydroxyl groups is 1. The highest BCUT2D eigenvalue weighted by molar-refractivity contribution is 9.10. The molecule has 0 bridgehead atoms. The Morgan fingerprint density at radius 1 is 1.42 bits per heavy atom. The summed E-state index contributed by atoms with van der Waals surface area (Å²) in [6.07, 6.45) is 2.56. The Bertz CT molecular complexity index is 292. The molecule has 0 aromatic heterocycles. The summed E-state index contributed by atoms with van der Waals surface area (Å²) in [6, 6.07) is 6.11. The van der Waals surface area contributed by atoms with Crippen LogP contribution in [0.15, 0.2) is 22.7 Å². The number of aliphatic hydroxyl groups excluding tert-OH is 1. The van der Waals surface area contributed by atoms with Crippen LogP contribution in [0, 0.1) is 0 Å². The van der Waals surface area contributed by atoms with Gasteiger partial charge in [-0.05, 0) is 42.0 Å². The van der Waals surface area contributed by atoms with Crippen LogP contribution in [-0.4, -0.2) is 5.11 Å². The van der Waals surface area contributed by atoms with E-state index in [9.17, 15) is 0 Å². The van der Waals surface area contributed by atoms with Crippen LogP contribution in [0.5, 0.6) is 0 Å². The molecule has 0 heterocycles. The average molecular weight is 227 g/mol. The molecule has 1 fully saturated rings. The molecule has 0 amide bonds. The highest BCUT2D eigenvalue weighted by atomic mass is 79.9. The second-order valence-corrected chi connectivity index (χ2v) is 4.19. The van der Waals surface area contributed by atoms with E-state index in [1.807, 2.05) is 12.1 Å². The molecule has 64 valence electrons. The lowest BCUT2D eigenvalue weighted by Gasteiger charge is -2.05. The third-order valence-corrected chi connectivity index (χ3v) is 2.79. The van der Waals surface area contributed by atoms with Crippen LogP contribution in [0.25, 0.3) is 0 Å². The van der Waals surface area contributed by atoms with E-state index >= 15 is 0 Å². The first-order valence-corrected chi connectivity index (χ1v) is 4.99. The first-order chi connectivity index (χ1) is 5.81. The summed E-state index contributed by atoms with van der Waals surface area (Å²) < 4.78 is 1.11. The summed E-state index contributed by atoms with van der Waals surface area (Å²) in [5.74, 6) is 0.713. The van der Waals surface area contributed by atoms with Crippen LogP contribution in [0.3, 0.4) is 0 Å². The van der Waals surface area contributed by atoms with Crippen molar-refractivity contribution in [3.05, 3.63) is 33.8 Å². The molecule has 1 saturated carbocycles. The number of hydrogen-bond acceptors (Lipinski definition) is 1. The number of hydrogen-bond donors (Lipinski definition) is 1. The number of rotatable bonds is 2. The lowest BCUT2D eigenvalue weighted by molar-refractivity contribution is 0.280. The third-order valence-electron chi connectivity index (χ3n) is 2.30. The van der Waals surface area contributed by atoms with Crippen molar-refractivity contribution in [2.45, 2.75) is 25.4 Å². The van der Waals surface area contributed by atoms with Gasteiger partial charge in [0.1, 0.15) is 0 Å². The van der Waals surface area contributed by atoms with Crippen LogP contribution < -0.4 is 0 Å². The van der Waals surface area contributed by atoms with Crippen molar-refractivity contribution in [3.8, 4) is 0 Å². The lowest BCUT2D eigenvalue weighted by atomic mass is 10.0. The Kier molecular flexibility index (Phi) is 2.20. The molecule has 1 aliphatic rings. The topological polar surface area (TPSA) is 20.2 Å². The molecule has 1 N–H and O–H groups in total. The van der Waals surface area contributed by atoms with Gasteiger partial charge in [0, 0.05) is 4.47 Å². The van der Waals surface area contributed by atoms with E-state index in [1.165, 1.54) is 18.4 Å². The molecule has 1 aromatic carbocycles. The average Bonchev–Trinajstić information content (AvgIpc) is 2.87. The van der Waals surface area contributed by atoms with E-state index < -0.39 is 0 Å². The van der Waals surface area contributed by atoms with Gasteiger partial charge in [0.15, 0.2) is 0 Å². The molecule has 0 spiro atoms. The van der Waals surface area contributed by atoms with E-state index in [4.69, 9.17) is 5.11 Å². The van der Waals surface area contributed by atoms with Crippen LogP contribution in [0.2, 0.25) is 0 Å². The predicted octanol–water partition coefficient (Wildman–Crippen LogP) is 2.82. The molecule has 0 unspecified atom stereocenters. The fourth-order valence-electron chi connectivity index (χ4n) is 1.48. The van der Waals surface area contributed by atoms with E-state index in [0.29, 0.717) is 5.92 Å². The second-order valence-electron chi connectivity index (χ2n) is 3.28. The monoisotopic (exact) mass is 226 g/mol. The molecular formula is C10H11BrO. The van der Waals surface area contributed by atoms with Gasteiger partial charge in [-0.2, -0.15) is 0 Å². The maximum absolute atomic E-state index is 9.07. The fourth-order valence-corrected chi connectivity index (χ4v) is 1.86. The SMILES string of the molecule is OCc1ccc(Br)cc1C1CC1. The van der Waals surface area contributed by atoms with Gasteiger partial charge in [-0.3, -0.25) is 0 Å². The summed E-state index contributed by atoms with van der Waals surface area (Å²) in [4.78, 5) is 0. The van der Waals surface area contributed by atoms with Gasteiger partial charge in [-0.1, -0.05) is 22.0 Å². The molecular weight excluding hydrogens is 216 g/mol. The minimum absolute atomic E-state index is 0.166. The molecule has 1 aliphatic carbocycles. The Hall–Kier alpha value is -0.340. The Morgan fingerprint density at radius 2 is 2.17 bits per heavy atom. The third kappa shape index (κ3) is 1.54. The van der Waals surface area contributed by atoms with Gasteiger partial charge < -0.3 is 5.11 Å². The molecule has 2 heteroatoms. The molecule has 2 rings (SSSR count). The largest absolute Gasteiger partial charge is 0.392 e. The van der Waals surface area contributed by atoms with Gasteiger partial charge in [-0.25, -0.2) is 0 Å². The quantitative estimate of drug-likeness (QED) is 0.823. The molecule has 0 atom stereocenters. The highest BCUT2D eigenvalue weighted by Crippen LogP contribution is 2.42. The van der Waals surface area contributed by atoms with E-state index in [1.54, 1.807) is 0 Å². The smallest absolute Gasteiger partial charge is 0.0684 e. The van der Waals surface area contributed by atoms with Gasteiger partial charge in [0.25, 0.3) is 0 Å². The first kappa shape index (κ1) is 8.27. The van der Waals surface area contributed by atoms with Crippen molar-refractivity contribution in [1.29, 1.82) is 0 Å². The summed E-state index contributed by atoms with van der Waals surface area (Å²) in [5, 5.41) is 9.07. The molecule has 1 nitrogen and oxygen atoms in total. The van der Waals surface area contributed by atoms with Crippen molar-refractivity contribution in [2.75, 3.05) is 0 Å². The molecule has 0 radical (unpaired) electrons. The second kappa shape index (κ2) is 3.19. The Morgan fingerprint density at radius 3 is 2.75 bits per heavy atom. The van der Waals surface area contributed by atoms with Crippen LogP contribution in [-0.2, 0) is 6.61 Å². The van der Waals surface area contributed by atoms with Crippen molar-refractivity contribution in [1.82, 2.24) is 0 Å². The Balaban J connectivity index is 2.39. The Labute approximate surface area is 80.5 Å². The van der Waals surface area contributed by atoms with E-state index in [2.05, 4.69) is 22.0 Å². The number of benzene rings is 1. The summed E-state index contributed by atoms with van der Waals surface area (Å²) in [7, 11) is 0. The van der Waals surface area contributed by atoms with Crippen molar-refractivity contribution >= 4 is 15.9 Å². The molecule has 1 aromatic rings. The lowest BCUT2D eigenvalue weighted by Crippen LogP contribution is -1.91. The standard InChI is InChI=1S/C10H11BrO/c11-9-4-3-8(6-12)10(5-9)7-1-2-7/h3-5,7,12H,1-2,6H2. The maximum Gasteiger partial charge on any atom is 0.0684 e. The maximum atomic E-state index is 9.07. The zero-order valence-electron chi connectivity index (χ0n) is 6.76. The fraction of sp³-hybridized carbons (Fsp3) is 0.400. The molecule has 0 aliphatic heterocycles. The molecule has 0 saturated heterocycles. The predicted molar refractivity (Wildman–Crippen MR) is 52.0 cm³/mol. The zero-order valence-corrected chi connectivity index (χ0v) is 8.34. The number of halogens is 1. The summed E-state index contributed by atoms with van der Waals surface area (Å²) in [5.41, 5.74) is 2.41. The van der Waals surface area contributed by atoms with Gasteiger partial charge in [0.2, 0.25) is 0 Å². The van der Waals surface area contributed by atoms with Crippen LogP contribution in [0.4, 0.5) is 0 Å². The van der Waals surface area contributed by atoms with Crippen molar-refractivity contribution in [2.24, 2.45) is 0 Å². The zero-order chi connectivity index (χ0) is 8.55. The summed E-state index contributed by atoms with van der Waals surface area (Å²) in [6.45, 7) is 0.166. The minimum Gasteiger partial charge on any atom is -0.392 e. The van der Waals surface area contributed by atoms with Crippen molar-refractivity contribution in [3.63, 3.8) is 0 Å². The molecule has 12 heavy (non-hydrogen) atoms. The van der Waals surface area contributed by atoms with Gasteiger partial charge in [0.05, 0.1) is 6.61 Å². The summed E-state index contributed by atoms with van der Waals surface area (Å²) >= 11 is 3.44. The highest BCUT2D eigenvalue weighted by Gasteiger charge is 2.25. The van der Waals surface area contributed by atoms with Gasteiger partial charge >= 0.3 is 0 Å². The first-order valence-electron chi connectivity index (χ1n) is 4.20. The van der Waals surface area contributed by atoms with Crippen molar-refractivity contribution < 1.29 is 5.11 Å². The van der Waals surface area contributed by atoms with E-state index in [0.717, 1.165) is 10.0 Å². The van der Waals surface area contributed by atoms with Crippen LogP contribution >= 0.6 is 15.9 Å².